The first-order chi connectivity index (χ1) is 8.52. The van der Waals surface area contributed by atoms with E-state index in [1.165, 1.54) is 17.0 Å². The summed E-state index contributed by atoms with van der Waals surface area (Å²) in [6.45, 7) is 0.189. The molecule has 0 aliphatic carbocycles. The molecule has 0 radical (unpaired) electrons. The highest BCUT2D eigenvalue weighted by molar-refractivity contribution is 9.09. The van der Waals surface area contributed by atoms with Gasteiger partial charge in [0, 0.05) is 23.2 Å². The van der Waals surface area contributed by atoms with Crippen molar-refractivity contribution in [1.29, 1.82) is 0 Å². The Morgan fingerprint density at radius 3 is 2.89 bits per heavy atom. The maximum atomic E-state index is 11.8. The van der Waals surface area contributed by atoms with Gasteiger partial charge in [0.15, 0.2) is 0 Å². The van der Waals surface area contributed by atoms with Crippen LogP contribution in [0.5, 0.6) is 0 Å². The molecule has 0 bridgehead atoms. The zero-order valence-electron chi connectivity index (χ0n) is 9.38. The predicted octanol–water partition coefficient (Wildman–Crippen LogP) is 1.24. The Labute approximate surface area is 111 Å². The fourth-order valence-corrected chi connectivity index (χ4v) is 2.15. The van der Waals surface area contributed by atoms with Gasteiger partial charge in [0.25, 0.3) is 5.69 Å². The van der Waals surface area contributed by atoms with E-state index >= 15 is 0 Å². The summed E-state index contributed by atoms with van der Waals surface area (Å²) in [5, 5.41) is 20.6. The second-order valence-corrected chi connectivity index (χ2v) is 4.71. The Balaban J connectivity index is 2.29. The van der Waals surface area contributed by atoms with Crippen LogP contribution in [0.1, 0.15) is 5.56 Å². The molecule has 1 amide bonds. The van der Waals surface area contributed by atoms with E-state index in [0.29, 0.717) is 16.6 Å². The van der Waals surface area contributed by atoms with Crippen molar-refractivity contribution in [2.24, 2.45) is 0 Å². The molecule has 6 nitrogen and oxygen atoms in total. The summed E-state index contributed by atoms with van der Waals surface area (Å²) in [5.74, 6) is -0.148. The van der Waals surface area contributed by atoms with E-state index in [1.807, 2.05) is 0 Å². The number of nitro groups is 1. The molecule has 1 N–H and O–H groups in total. The zero-order valence-corrected chi connectivity index (χ0v) is 11.0. The van der Waals surface area contributed by atoms with E-state index in [9.17, 15) is 20.0 Å². The van der Waals surface area contributed by atoms with Crippen molar-refractivity contribution in [1.82, 2.24) is 0 Å². The molecule has 1 aromatic carbocycles. The smallest absolute Gasteiger partial charge is 0.269 e. The number of hydrogen-bond donors (Lipinski definition) is 1. The van der Waals surface area contributed by atoms with Gasteiger partial charge in [-0.3, -0.25) is 14.9 Å². The molecule has 7 heteroatoms. The van der Waals surface area contributed by atoms with Gasteiger partial charge in [-0.1, -0.05) is 15.9 Å². The molecule has 1 aromatic rings. The molecule has 0 spiro atoms. The fourth-order valence-electron chi connectivity index (χ4n) is 1.94. The number of alkyl halides is 1. The average molecular weight is 315 g/mol. The van der Waals surface area contributed by atoms with Crippen LogP contribution in [-0.2, 0) is 11.2 Å². The second-order valence-electron chi connectivity index (χ2n) is 4.06. The summed E-state index contributed by atoms with van der Waals surface area (Å²) in [6, 6.07) is 4.33. The number of rotatable bonds is 4. The minimum absolute atomic E-state index is 0.0237. The number of aliphatic hydroxyl groups is 1. The summed E-state index contributed by atoms with van der Waals surface area (Å²) < 4.78 is 0. The molecule has 2 rings (SSSR count). The summed E-state index contributed by atoms with van der Waals surface area (Å²) in [7, 11) is 0. The van der Waals surface area contributed by atoms with Gasteiger partial charge in [0.05, 0.1) is 24.0 Å². The van der Waals surface area contributed by atoms with Crippen LogP contribution >= 0.6 is 15.9 Å². The Morgan fingerprint density at radius 1 is 1.56 bits per heavy atom. The number of halogens is 1. The lowest BCUT2D eigenvalue weighted by Crippen LogP contribution is -2.35. The van der Waals surface area contributed by atoms with Crippen LogP contribution in [0, 0.1) is 10.1 Å². The molecule has 1 aliphatic rings. The van der Waals surface area contributed by atoms with Crippen molar-refractivity contribution in [3.05, 3.63) is 33.9 Å². The van der Waals surface area contributed by atoms with Gasteiger partial charge < -0.3 is 10.0 Å². The molecule has 1 unspecified atom stereocenters. The van der Waals surface area contributed by atoms with E-state index in [0.717, 1.165) is 0 Å². The minimum Gasteiger partial charge on any atom is -0.390 e. The van der Waals surface area contributed by atoms with Crippen molar-refractivity contribution in [3.63, 3.8) is 0 Å². The number of carbonyl (C=O) groups is 1. The maximum absolute atomic E-state index is 11.8. The Bertz CT molecular complexity index is 506. The first-order valence-electron chi connectivity index (χ1n) is 5.34. The number of nitrogens with zero attached hydrogens (tertiary/aromatic N) is 2. The summed E-state index contributed by atoms with van der Waals surface area (Å²) in [5.41, 5.74) is 1.26. The fraction of sp³-hybridized carbons (Fsp3) is 0.364. The molecular weight excluding hydrogens is 304 g/mol. The molecule has 18 heavy (non-hydrogen) atoms. The normalized spacial score (nSPS) is 15.7. The second kappa shape index (κ2) is 5.03. The number of fused-ring (bicyclic) bond motifs is 1. The zero-order chi connectivity index (χ0) is 13.3. The number of hydrogen-bond acceptors (Lipinski definition) is 4. The maximum Gasteiger partial charge on any atom is 0.269 e. The van der Waals surface area contributed by atoms with Crippen molar-refractivity contribution in [2.75, 3.05) is 16.8 Å². The van der Waals surface area contributed by atoms with E-state index in [4.69, 9.17) is 0 Å². The van der Waals surface area contributed by atoms with Gasteiger partial charge in [0.2, 0.25) is 5.91 Å². The van der Waals surface area contributed by atoms with E-state index in [-0.39, 0.29) is 24.6 Å². The largest absolute Gasteiger partial charge is 0.390 e. The Morgan fingerprint density at radius 2 is 2.28 bits per heavy atom. The number of amides is 1. The van der Waals surface area contributed by atoms with Crippen LogP contribution in [0.4, 0.5) is 11.4 Å². The van der Waals surface area contributed by atoms with E-state index in [1.54, 1.807) is 6.07 Å². The topological polar surface area (TPSA) is 83.7 Å². The van der Waals surface area contributed by atoms with E-state index < -0.39 is 11.0 Å². The minimum atomic E-state index is -0.657. The van der Waals surface area contributed by atoms with Crippen LogP contribution in [-0.4, -0.2) is 33.9 Å². The highest BCUT2D eigenvalue weighted by Gasteiger charge is 2.29. The third kappa shape index (κ3) is 2.37. The van der Waals surface area contributed by atoms with Gasteiger partial charge >= 0.3 is 0 Å². The predicted molar refractivity (Wildman–Crippen MR) is 69.0 cm³/mol. The van der Waals surface area contributed by atoms with Gasteiger partial charge in [-0.05, 0) is 11.6 Å². The van der Waals surface area contributed by atoms with Crippen molar-refractivity contribution in [2.45, 2.75) is 12.5 Å². The molecule has 1 heterocycles. The lowest BCUT2D eigenvalue weighted by Gasteiger charge is -2.19. The standard InChI is InChI=1S/C11H11BrN2O4/c12-5-9(15)6-13-10-2-1-8(14(17)18)3-7(10)4-11(13)16/h1-3,9,15H,4-6H2. The molecule has 0 aromatic heterocycles. The monoisotopic (exact) mass is 314 g/mol. The van der Waals surface area contributed by atoms with Crippen molar-refractivity contribution >= 4 is 33.2 Å². The molecule has 1 aliphatic heterocycles. The lowest BCUT2D eigenvalue weighted by molar-refractivity contribution is -0.384. The summed E-state index contributed by atoms with van der Waals surface area (Å²) in [4.78, 5) is 23.4. The van der Waals surface area contributed by atoms with Crippen LogP contribution in [0.3, 0.4) is 0 Å². The van der Waals surface area contributed by atoms with Crippen LogP contribution in [0.15, 0.2) is 18.2 Å². The number of anilines is 1. The quantitative estimate of drug-likeness (QED) is 0.515. The third-order valence-electron chi connectivity index (χ3n) is 2.78. The van der Waals surface area contributed by atoms with Gasteiger partial charge in [0.1, 0.15) is 0 Å². The number of nitro benzene ring substituents is 1. The average Bonchev–Trinajstić information content (AvgIpc) is 2.64. The molecule has 0 fully saturated rings. The van der Waals surface area contributed by atoms with Crippen LogP contribution in [0.25, 0.3) is 0 Å². The number of non-ortho nitro benzene ring substituents is 1. The van der Waals surface area contributed by atoms with Gasteiger partial charge in [-0.25, -0.2) is 0 Å². The SMILES string of the molecule is O=C1Cc2cc([N+](=O)[O-])ccc2N1CC(O)CBr. The Hall–Kier alpha value is -1.47. The molecule has 0 saturated carbocycles. The van der Waals surface area contributed by atoms with Crippen molar-refractivity contribution in [3.8, 4) is 0 Å². The van der Waals surface area contributed by atoms with Crippen molar-refractivity contribution < 1.29 is 14.8 Å². The molecule has 96 valence electrons. The molecular formula is C11H11BrN2O4. The van der Waals surface area contributed by atoms with Crippen LogP contribution in [0.2, 0.25) is 0 Å². The van der Waals surface area contributed by atoms with E-state index in [2.05, 4.69) is 15.9 Å². The molecule has 1 atom stereocenters. The number of benzene rings is 1. The Kier molecular flexibility index (Phi) is 3.63. The summed E-state index contributed by atoms with van der Waals surface area (Å²) >= 11 is 3.14. The molecule has 0 saturated heterocycles. The highest BCUT2D eigenvalue weighted by atomic mass is 79.9. The van der Waals surface area contributed by atoms with Crippen LogP contribution < -0.4 is 4.90 Å². The first kappa shape index (κ1) is 13.0. The third-order valence-corrected chi connectivity index (χ3v) is 3.53. The van der Waals surface area contributed by atoms with Gasteiger partial charge in [-0.15, -0.1) is 0 Å². The summed E-state index contributed by atoms with van der Waals surface area (Å²) in [6.07, 6.45) is -0.512. The number of aliphatic hydroxyl groups excluding tert-OH is 1. The number of β-amino-alcohol motifs (C(OH)–C–C–N with tert-alkyl or cyclic N) is 1. The lowest BCUT2D eigenvalue weighted by atomic mass is 10.1. The number of carbonyl (C=O) groups excluding carboxylic acids is 1. The highest BCUT2D eigenvalue weighted by Crippen LogP contribution is 2.32. The van der Waals surface area contributed by atoms with Gasteiger partial charge in [-0.2, -0.15) is 0 Å². The first-order valence-corrected chi connectivity index (χ1v) is 6.46.